The van der Waals surface area contributed by atoms with Gasteiger partial charge in [0.1, 0.15) is 5.00 Å². The number of nitrogens with one attached hydrogen (secondary N) is 1. The van der Waals surface area contributed by atoms with Crippen LogP contribution in [0.25, 0.3) is 0 Å². The number of aromatic nitrogens is 1. The molecule has 0 unspecified atom stereocenters. The van der Waals surface area contributed by atoms with Crippen LogP contribution in [0.1, 0.15) is 5.56 Å². The quantitative estimate of drug-likeness (QED) is 0.700. The Balaban J connectivity index is 2.13. The summed E-state index contributed by atoms with van der Waals surface area (Å²) in [5.41, 5.74) is 1.31. The summed E-state index contributed by atoms with van der Waals surface area (Å²) in [4.78, 5) is 2.41. The average molecular weight is 183 g/mol. The van der Waals surface area contributed by atoms with Crippen LogP contribution in [0.5, 0.6) is 0 Å². The topological polar surface area (TPSA) is 28.2 Å². The van der Waals surface area contributed by atoms with Gasteiger partial charge in [-0.2, -0.15) is 4.37 Å². The van der Waals surface area contributed by atoms with Crippen molar-refractivity contribution in [1.29, 1.82) is 0 Å². The number of piperazine rings is 1. The first kappa shape index (κ1) is 8.01. The molecule has 0 amide bonds. The maximum absolute atomic E-state index is 4.18. The molecule has 3 nitrogen and oxygen atoms in total. The fraction of sp³-hybridized carbons (Fsp3) is 0.625. The van der Waals surface area contributed by atoms with Gasteiger partial charge in [-0.3, -0.25) is 0 Å². The predicted octanol–water partition coefficient (Wildman–Crippen LogP) is 0.861. The van der Waals surface area contributed by atoms with Crippen LogP contribution in [-0.4, -0.2) is 30.6 Å². The van der Waals surface area contributed by atoms with Crippen molar-refractivity contribution in [3.05, 3.63) is 11.8 Å². The van der Waals surface area contributed by atoms with E-state index in [1.54, 1.807) is 11.5 Å². The number of hydrogen-bond donors (Lipinski definition) is 1. The molecule has 1 N–H and O–H groups in total. The van der Waals surface area contributed by atoms with E-state index >= 15 is 0 Å². The number of nitrogens with zero attached hydrogens (tertiary/aromatic N) is 2. The second-order valence-corrected chi connectivity index (χ2v) is 3.83. The molecule has 0 atom stereocenters. The van der Waals surface area contributed by atoms with Gasteiger partial charge in [-0.15, -0.1) is 0 Å². The summed E-state index contributed by atoms with van der Waals surface area (Å²) in [7, 11) is 0. The van der Waals surface area contributed by atoms with Crippen LogP contribution >= 0.6 is 11.5 Å². The highest BCUT2D eigenvalue weighted by molar-refractivity contribution is 7.10. The summed E-state index contributed by atoms with van der Waals surface area (Å²) in [6, 6.07) is 0. The number of anilines is 1. The summed E-state index contributed by atoms with van der Waals surface area (Å²) in [5.74, 6) is 0. The Morgan fingerprint density at radius 2 is 2.25 bits per heavy atom. The van der Waals surface area contributed by atoms with E-state index < -0.39 is 0 Å². The molecule has 1 aromatic rings. The Bertz CT molecular complexity index is 253. The Labute approximate surface area is 76.6 Å². The zero-order valence-corrected chi connectivity index (χ0v) is 8.02. The van der Waals surface area contributed by atoms with Crippen LogP contribution < -0.4 is 10.2 Å². The van der Waals surface area contributed by atoms with Crippen molar-refractivity contribution in [3.8, 4) is 0 Å². The predicted molar refractivity (Wildman–Crippen MR) is 51.9 cm³/mol. The van der Waals surface area contributed by atoms with E-state index in [4.69, 9.17) is 0 Å². The molecule has 1 aromatic heterocycles. The molecule has 0 radical (unpaired) electrons. The fourth-order valence-corrected chi connectivity index (χ4v) is 2.26. The lowest BCUT2D eigenvalue weighted by Gasteiger charge is -2.28. The van der Waals surface area contributed by atoms with Gasteiger partial charge >= 0.3 is 0 Å². The third kappa shape index (κ3) is 1.44. The van der Waals surface area contributed by atoms with E-state index in [2.05, 4.69) is 21.5 Å². The Morgan fingerprint density at radius 3 is 2.83 bits per heavy atom. The minimum atomic E-state index is 1.09. The second-order valence-electron chi connectivity index (χ2n) is 3.05. The molecule has 0 aromatic carbocycles. The molecular formula is C8H13N3S. The molecule has 1 aliphatic rings. The van der Waals surface area contributed by atoms with Gasteiger partial charge in [0.15, 0.2) is 0 Å². The van der Waals surface area contributed by atoms with E-state index in [0.717, 1.165) is 26.2 Å². The van der Waals surface area contributed by atoms with Crippen LogP contribution in [0.2, 0.25) is 0 Å². The van der Waals surface area contributed by atoms with Crippen LogP contribution in [0, 0.1) is 6.92 Å². The first-order valence-electron chi connectivity index (χ1n) is 4.25. The molecule has 66 valence electrons. The lowest BCUT2D eigenvalue weighted by molar-refractivity contribution is 0.591. The van der Waals surface area contributed by atoms with E-state index in [9.17, 15) is 0 Å². The van der Waals surface area contributed by atoms with Crippen molar-refractivity contribution in [2.24, 2.45) is 0 Å². The Hall–Kier alpha value is -0.610. The van der Waals surface area contributed by atoms with Gasteiger partial charge in [-0.1, -0.05) is 0 Å². The van der Waals surface area contributed by atoms with Crippen LogP contribution in [0.15, 0.2) is 6.20 Å². The smallest absolute Gasteiger partial charge is 0.115 e. The molecular weight excluding hydrogens is 170 g/mol. The van der Waals surface area contributed by atoms with Gasteiger partial charge in [0, 0.05) is 37.9 Å². The van der Waals surface area contributed by atoms with Crippen LogP contribution in [-0.2, 0) is 0 Å². The molecule has 1 fully saturated rings. The van der Waals surface area contributed by atoms with E-state index in [0.29, 0.717) is 0 Å². The molecule has 2 rings (SSSR count). The molecule has 2 heterocycles. The average Bonchev–Trinajstić information content (AvgIpc) is 2.53. The SMILES string of the molecule is Cc1cnsc1N1CCNCC1. The Kier molecular flexibility index (Phi) is 2.28. The summed E-state index contributed by atoms with van der Waals surface area (Å²) >= 11 is 1.60. The van der Waals surface area contributed by atoms with Crippen molar-refractivity contribution in [1.82, 2.24) is 9.69 Å². The zero-order chi connectivity index (χ0) is 8.39. The van der Waals surface area contributed by atoms with Gasteiger partial charge in [-0.25, -0.2) is 0 Å². The highest BCUT2D eigenvalue weighted by Gasteiger charge is 2.13. The molecule has 1 saturated heterocycles. The third-order valence-electron chi connectivity index (χ3n) is 2.13. The lowest BCUT2D eigenvalue weighted by Crippen LogP contribution is -2.43. The third-order valence-corrected chi connectivity index (χ3v) is 3.09. The fourth-order valence-electron chi connectivity index (χ4n) is 1.46. The van der Waals surface area contributed by atoms with Crippen LogP contribution in [0.4, 0.5) is 5.00 Å². The zero-order valence-electron chi connectivity index (χ0n) is 7.21. The van der Waals surface area contributed by atoms with Gasteiger partial charge in [-0.05, 0) is 18.5 Å². The lowest BCUT2D eigenvalue weighted by atomic mass is 10.3. The molecule has 0 spiro atoms. The molecule has 0 bridgehead atoms. The van der Waals surface area contributed by atoms with E-state index in [1.807, 2.05) is 6.20 Å². The highest BCUT2D eigenvalue weighted by Crippen LogP contribution is 2.24. The first-order chi connectivity index (χ1) is 5.88. The highest BCUT2D eigenvalue weighted by atomic mass is 32.1. The maximum atomic E-state index is 4.18. The minimum absolute atomic E-state index is 1.09. The summed E-state index contributed by atoms with van der Waals surface area (Å²) < 4.78 is 4.18. The van der Waals surface area contributed by atoms with Crippen LogP contribution in [0.3, 0.4) is 0 Å². The first-order valence-corrected chi connectivity index (χ1v) is 5.02. The Morgan fingerprint density at radius 1 is 1.50 bits per heavy atom. The molecule has 0 aliphatic carbocycles. The van der Waals surface area contributed by atoms with E-state index in [1.165, 1.54) is 10.6 Å². The van der Waals surface area contributed by atoms with Crippen molar-refractivity contribution >= 4 is 16.5 Å². The molecule has 1 aliphatic heterocycles. The maximum Gasteiger partial charge on any atom is 0.115 e. The molecule has 4 heteroatoms. The monoisotopic (exact) mass is 183 g/mol. The second kappa shape index (κ2) is 3.41. The van der Waals surface area contributed by atoms with Gasteiger partial charge in [0.25, 0.3) is 0 Å². The molecule has 12 heavy (non-hydrogen) atoms. The normalized spacial score (nSPS) is 18.2. The van der Waals surface area contributed by atoms with Crippen molar-refractivity contribution in [2.45, 2.75) is 6.92 Å². The largest absolute Gasteiger partial charge is 0.359 e. The minimum Gasteiger partial charge on any atom is -0.359 e. The number of hydrogen-bond acceptors (Lipinski definition) is 4. The summed E-state index contributed by atoms with van der Waals surface area (Å²) in [6.07, 6.45) is 1.95. The number of rotatable bonds is 1. The van der Waals surface area contributed by atoms with Gasteiger partial charge < -0.3 is 10.2 Å². The van der Waals surface area contributed by atoms with Crippen molar-refractivity contribution < 1.29 is 0 Å². The van der Waals surface area contributed by atoms with Gasteiger partial charge in [0.2, 0.25) is 0 Å². The van der Waals surface area contributed by atoms with E-state index in [-0.39, 0.29) is 0 Å². The van der Waals surface area contributed by atoms with Crippen molar-refractivity contribution in [2.75, 3.05) is 31.1 Å². The number of aryl methyl sites for hydroxylation is 1. The standard InChI is InChI=1S/C8H13N3S/c1-7-6-10-12-8(7)11-4-2-9-3-5-11/h6,9H,2-5H2,1H3. The summed E-state index contributed by atoms with van der Waals surface area (Å²) in [5, 5.41) is 4.68. The summed E-state index contributed by atoms with van der Waals surface area (Å²) in [6.45, 7) is 6.54. The molecule has 0 saturated carbocycles. The van der Waals surface area contributed by atoms with Gasteiger partial charge in [0.05, 0.1) is 0 Å². The van der Waals surface area contributed by atoms with Crippen molar-refractivity contribution in [3.63, 3.8) is 0 Å².